The highest BCUT2D eigenvalue weighted by Gasteiger charge is 2.12. The zero-order chi connectivity index (χ0) is 15.7. The molecule has 0 bridgehead atoms. The van der Waals surface area contributed by atoms with Gasteiger partial charge in [0.1, 0.15) is 18.2 Å². The van der Waals surface area contributed by atoms with Crippen molar-refractivity contribution in [3.05, 3.63) is 65.6 Å². The summed E-state index contributed by atoms with van der Waals surface area (Å²) in [4.78, 5) is 0. The molecule has 0 aliphatic heterocycles. The van der Waals surface area contributed by atoms with Crippen molar-refractivity contribution < 1.29 is 9.13 Å². The van der Waals surface area contributed by atoms with Crippen LogP contribution in [0.15, 0.2) is 48.5 Å². The van der Waals surface area contributed by atoms with Crippen LogP contribution in [0.5, 0.6) is 5.75 Å². The number of benzene rings is 2. The summed E-state index contributed by atoms with van der Waals surface area (Å²) >= 11 is 0. The average molecular weight is 297 g/mol. The Morgan fingerprint density at radius 1 is 1.09 bits per heavy atom. The Hall–Kier alpha value is -2.29. The second kappa shape index (κ2) is 5.84. The summed E-state index contributed by atoms with van der Waals surface area (Å²) in [5, 5.41) is 1.21. The van der Waals surface area contributed by atoms with Gasteiger partial charge in [-0.05, 0) is 50.6 Å². The van der Waals surface area contributed by atoms with Crippen LogP contribution < -0.4 is 4.74 Å². The maximum Gasteiger partial charge on any atom is 0.128 e. The maximum atomic E-state index is 13.2. The minimum Gasteiger partial charge on any atom is -0.487 e. The first kappa shape index (κ1) is 14.6. The number of nitrogens with zero attached hydrogens (tertiary/aromatic N) is 1. The molecule has 114 valence electrons. The minimum absolute atomic E-state index is 0.280. The van der Waals surface area contributed by atoms with Gasteiger partial charge in [-0.1, -0.05) is 18.2 Å². The molecule has 0 radical (unpaired) electrons. The second-order valence-corrected chi connectivity index (χ2v) is 5.91. The molecule has 0 N–H and O–H groups in total. The first-order valence-corrected chi connectivity index (χ1v) is 7.53. The van der Waals surface area contributed by atoms with Gasteiger partial charge < -0.3 is 9.30 Å². The lowest BCUT2D eigenvalue weighted by Crippen LogP contribution is -2.08. The van der Waals surface area contributed by atoms with Crippen molar-refractivity contribution in [1.29, 1.82) is 0 Å². The van der Waals surface area contributed by atoms with Crippen LogP contribution in [0.25, 0.3) is 10.9 Å². The predicted molar refractivity (Wildman–Crippen MR) is 87.8 cm³/mol. The molecule has 1 aromatic heterocycles. The molecule has 0 aliphatic carbocycles. The first-order chi connectivity index (χ1) is 10.5. The number of rotatable bonds is 4. The van der Waals surface area contributed by atoms with Gasteiger partial charge in [0.25, 0.3) is 0 Å². The molecule has 1 heterocycles. The fourth-order valence-electron chi connectivity index (χ4n) is 2.82. The van der Waals surface area contributed by atoms with E-state index >= 15 is 0 Å². The first-order valence-electron chi connectivity index (χ1n) is 7.53. The lowest BCUT2D eigenvalue weighted by Gasteiger charge is -2.15. The third kappa shape index (κ3) is 2.84. The average Bonchev–Trinajstić information content (AvgIpc) is 2.83. The number of ether oxygens (including phenoxy) is 1. The van der Waals surface area contributed by atoms with Gasteiger partial charge in [-0.3, -0.25) is 0 Å². The van der Waals surface area contributed by atoms with E-state index in [2.05, 4.69) is 49.6 Å². The van der Waals surface area contributed by atoms with E-state index in [4.69, 9.17) is 4.74 Å². The van der Waals surface area contributed by atoms with Crippen molar-refractivity contribution in [2.75, 3.05) is 0 Å². The van der Waals surface area contributed by atoms with Crippen LogP contribution in [-0.4, -0.2) is 4.57 Å². The maximum absolute atomic E-state index is 13.2. The molecule has 0 aliphatic rings. The topological polar surface area (TPSA) is 14.2 Å². The van der Waals surface area contributed by atoms with E-state index in [1.807, 2.05) is 0 Å². The smallest absolute Gasteiger partial charge is 0.128 e. The summed E-state index contributed by atoms with van der Waals surface area (Å²) in [6, 6.07) is 15.2. The van der Waals surface area contributed by atoms with Crippen LogP contribution in [0.4, 0.5) is 4.39 Å². The molecule has 2 nitrogen and oxygen atoms in total. The van der Waals surface area contributed by atoms with E-state index in [1.165, 1.54) is 28.6 Å². The van der Waals surface area contributed by atoms with Crippen molar-refractivity contribution in [3.8, 4) is 5.75 Å². The molecule has 3 heteroatoms. The molecular formula is C19H20FNO. The quantitative estimate of drug-likeness (QED) is 0.641. The van der Waals surface area contributed by atoms with Crippen molar-refractivity contribution in [2.45, 2.75) is 33.4 Å². The molecule has 22 heavy (non-hydrogen) atoms. The summed E-state index contributed by atoms with van der Waals surface area (Å²) < 4.78 is 21.3. The summed E-state index contributed by atoms with van der Waals surface area (Å²) in [5.74, 6) is 0.272. The van der Waals surface area contributed by atoms with Crippen LogP contribution >= 0.6 is 0 Å². The largest absolute Gasteiger partial charge is 0.487 e. The van der Waals surface area contributed by atoms with Crippen LogP contribution in [0.1, 0.15) is 31.1 Å². The lowest BCUT2D eigenvalue weighted by molar-refractivity contribution is 0.291. The van der Waals surface area contributed by atoms with Gasteiger partial charge in [0.15, 0.2) is 0 Å². The van der Waals surface area contributed by atoms with Crippen molar-refractivity contribution in [3.63, 3.8) is 0 Å². The number of aromatic nitrogens is 1. The van der Waals surface area contributed by atoms with Crippen LogP contribution in [0, 0.1) is 12.7 Å². The fourth-order valence-corrected chi connectivity index (χ4v) is 2.82. The van der Waals surface area contributed by atoms with Gasteiger partial charge >= 0.3 is 0 Å². The Bertz CT molecular complexity index is 804. The van der Waals surface area contributed by atoms with Gasteiger partial charge in [0.05, 0.1) is 5.69 Å². The zero-order valence-electron chi connectivity index (χ0n) is 13.1. The Morgan fingerprint density at radius 2 is 1.91 bits per heavy atom. The highest BCUT2D eigenvalue weighted by atomic mass is 19.1. The van der Waals surface area contributed by atoms with Gasteiger partial charge in [0.2, 0.25) is 0 Å². The van der Waals surface area contributed by atoms with E-state index in [-0.39, 0.29) is 5.82 Å². The third-order valence-corrected chi connectivity index (χ3v) is 3.78. The van der Waals surface area contributed by atoms with E-state index in [9.17, 15) is 4.39 Å². The number of fused-ring (bicyclic) bond motifs is 1. The molecule has 0 saturated carbocycles. The summed E-state index contributed by atoms with van der Waals surface area (Å²) in [6.45, 7) is 6.84. The molecule has 3 aromatic rings. The van der Waals surface area contributed by atoms with E-state index in [1.54, 1.807) is 12.1 Å². The molecule has 3 rings (SSSR count). The Morgan fingerprint density at radius 3 is 2.64 bits per heavy atom. The van der Waals surface area contributed by atoms with Gasteiger partial charge in [-0.15, -0.1) is 0 Å². The summed E-state index contributed by atoms with van der Waals surface area (Å²) in [6.07, 6.45) is 0. The molecule has 0 spiro atoms. The molecule has 0 unspecified atom stereocenters. The molecule has 0 amide bonds. The van der Waals surface area contributed by atoms with Crippen LogP contribution in [-0.2, 0) is 6.61 Å². The van der Waals surface area contributed by atoms with Crippen LogP contribution in [0.2, 0.25) is 0 Å². The van der Waals surface area contributed by atoms with Gasteiger partial charge in [-0.25, -0.2) is 4.39 Å². The Labute approximate surface area is 130 Å². The monoisotopic (exact) mass is 297 g/mol. The molecule has 0 saturated heterocycles. The molecule has 2 aromatic carbocycles. The van der Waals surface area contributed by atoms with Gasteiger partial charge in [0, 0.05) is 23.0 Å². The van der Waals surface area contributed by atoms with Crippen LogP contribution in [0.3, 0.4) is 0 Å². The second-order valence-electron chi connectivity index (χ2n) is 5.91. The Balaban J connectivity index is 1.94. The standard InChI is InChI=1S/C19H20FNO/c1-13(2)21-17(10-15-8-7-14(3)9-19(15)21)12-22-18-6-4-5-16(20)11-18/h4-11,13H,12H2,1-3H3. The number of hydrogen-bond donors (Lipinski definition) is 0. The number of aryl methyl sites for hydroxylation is 1. The SMILES string of the molecule is Cc1ccc2cc(COc3cccc(F)c3)n(C(C)C)c2c1. The Kier molecular flexibility index (Phi) is 3.88. The minimum atomic E-state index is -0.280. The number of halogens is 1. The zero-order valence-corrected chi connectivity index (χ0v) is 13.1. The highest BCUT2D eigenvalue weighted by molar-refractivity contribution is 5.82. The fraction of sp³-hybridized carbons (Fsp3) is 0.263. The van der Waals surface area contributed by atoms with Crippen molar-refractivity contribution in [2.24, 2.45) is 0 Å². The van der Waals surface area contributed by atoms with E-state index in [0.29, 0.717) is 18.4 Å². The van der Waals surface area contributed by atoms with Gasteiger partial charge in [-0.2, -0.15) is 0 Å². The van der Waals surface area contributed by atoms with E-state index < -0.39 is 0 Å². The molecular weight excluding hydrogens is 277 g/mol. The highest BCUT2D eigenvalue weighted by Crippen LogP contribution is 2.26. The predicted octanol–water partition coefficient (Wildman–Crippen LogP) is 5.25. The molecule has 0 fully saturated rings. The lowest BCUT2D eigenvalue weighted by atomic mass is 10.2. The van der Waals surface area contributed by atoms with Crippen molar-refractivity contribution in [1.82, 2.24) is 4.57 Å². The van der Waals surface area contributed by atoms with Crippen molar-refractivity contribution >= 4 is 10.9 Å². The summed E-state index contributed by atoms with van der Waals surface area (Å²) in [7, 11) is 0. The van der Waals surface area contributed by atoms with E-state index in [0.717, 1.165) is 5.69 Å². The number of hydrogen-bond acceptors (Lipinski definition) is 1. The molecule has 0 atom stereocenters. The normalized spacial score (nSPS) is 11.3. The third-order valence-electron chi connectivity index (χ3n) is 3.78. The summed E-state index contributed by atoms with van der Waals surface area (Å²) in [5.41, 5.74) is 3.55.